The number of likely N-dealkylation sites (tertiary alicyclic amines) is 1. The zero-order chi connectivity index (χ0) is 12.8. The summed E-state index contributed by atoms with van der Waals surface area (Å²) >= 11 is 0. The molecule has 0 aromatic carbocycles. The minimum atomic E-state index is 0.144. The van der Waals surface area contributed by atoms with Crippen LogP contribution >= 0.6 is 0 Å². The van der Waals surface area contributed by atoms with Crippen molar-refractivity contribution in [3.8, 4) is 0 Å². The Bertz CT molecular complexity index is 243. The van der Waals surface area contributed by atoms with Crippen molar-refractivity contribution in [2.24, 2.45) is 17.6 Å². The van der Waals surface area contributed by atoms with Crippen LogP contribution < -0.4 is 11.1 Å². The van der Waals surface area contributed by atoms with Gasteiger partial charge in [0.2, 0.25) is 5.91 Å². The van der Waals surface area contributed by atoms with E-state index in [4.69, 9.17) is 5.73 Å². The van der Waals surface area contributed by atoms with Crippen LogP contribution in [0.2, 0.25) is 0 Å². The van der Waals surface area contributed by atoms with Crippen LogP contribution in [0, 0.1) is 11.8 Å². The highest BCUT2D eigenvalue weighted by Crippen LogP contribution is 2.17. The average Bonchev–Trinajstić information content (AvgIpc) is 2.75. The molecular formula is C13H27N3O. The summed E-state index contributed by atoms with van der Waals surface area (Å²) in [5.74, 6) is 1.05. The van der Waals surface area contributed by atoms with Crippen LogP contribution in [0.4, 0.5) is 0 Å². The fourth-order valence-corrected chi connectivity index (χ4v) is 2.23. The normalized spacial score (nSPS) is 23.0. The van der Waals surface area contributed by atoms with Crippen molar-refractivity contribution in [1.82, 2.24) is 10.2 Å². The third-order valence-corrected chi connectivity index (χ3v) is 3.57. The number of hydrogen-bond acceptors (Lipinski definition) is 3. The molecule has 100 valence electrons. The summed E-state index contributed by atoms with van der Waals surface area (Å²) in [4.78, 5) is 14.1. The highest BCUT2D eigenvalue weighted by Gasteiger charge is 2.24. The van der Waals surface area contributed by atoms with E-state index in [1.807, 2.05) is 6.92 Å². The number of nitrogens with one attached hydrogen (secondary N) is 1. The van der Waals surface area contributed by atoms with Gasteiger partial charge in [0.25, 0.3) is 0 Å². The lowest BCUT2D eigenvalue weighted by molar-refractivity contribution is -0.122. The Morgan fingerprint density at radius 1 is 1.47 bits per heavy atom. The van der Waals surface area contributed by atoms with E-state index in [2.05, 4.69) is 24.1 Å². The Morgan fingerprint density at radius 2 is 2.18 bits per heavy atom. The maximum atomic E-state index is 11.6. The maximum absolute atomic E-state index is 11.6. The van der Waals surface area contributed by atoms with E-state index in [-0.39, 0.29) is 11.8 Å². The van der Waals surface area contributed by atoms with Gasteiger partial charge in [0.1, 0.15) is 0 Å². The van der Waals surface area contributed by atoms with E-state index in [1.165, 1.54) is 6.42 Å². The Labute approximate surface area is 105 Å². The van der Waals surface area contributed by atoms with Crippen molar-refractivity contribution in [3.05, 3.63) is 0 Å². The molecule has 1 aliphatic rings. The molecule has 0 radical (unpaired) electrons. The van der Waals surface area contributed by atoms with Crippen molar-refractivity contribution in [2.45, 2.75) is 39.7 Å². The summed E-state index contributed by atoms with van der Waals surface area (Å²) in [6.45, 7) is 10.1. The molecule has 0 spiro atoms. The zero-order valence-corrected chi connectivity index (χ0v) is 11.4. The quantitative estimate of drug-likeness (QED) is 0.724. The lowest BCUT2D eigenvalue weighted by atomic mass is 10.1. The summed E-state index contributed by atoms with van der Waals surface area (Å²) in [5, 5.41) is 3.03. The molecule has 1 rings (SSSR count). The van der Waals surface area contributed by atoms with E-state index in [0.717, 1.165) is 19.6 Å². The summed E-state index contributed by atoms with van der Waals surface area (Å²) in [5.41, 5.74) is 5.50. The SMILES string of the molecule is CC(CN)CC(=O)NCC1CCN(C(C)C)C1. The van der Waals surface area contributed by atoms with Gasteiger partial charge in [-0.2, -0.15) is 0 Å². The Kier molecular flexibility index (Phi) is 5.92. The molecule has 0 saturated carbocycles. The van der Waals surface area contributed by atoms with Gasteiger partial charge in [-0.1, -0.05) is 6.92 Å². The summed E-state index contributed by atoms with van der Waals surface area (Å²) in [6.07, 6.45) is 1.75. The van der Waals surface area contributed by atoms with Crippen molar-refractivity contribution < 1.29 is 4.79 Å². The van der Waals surface area contributed by atoms with Crippen LogP contribution in [0.3, 0.4) is 0 Å². The van der Waals surface area contributed by atoms with Gasteiger partial charge in [0.05, 0.1) is 0 Å². The maximum Gasteiger partial charge on any atom is 0.220 e. The van der Waals surface area contributed by atoms with Gasteiger partial charge in [-0.15, -0.1) is 0 Å². The Hall–Kier alpha value is -0.610. The van der Waals surface area contributed by atoms with Gasteiger partial charge < -0.3 is 16.0 Å². The van der Waals surface area contributed by atoms with Crippen molar-refractivity contribution in [1.29, 1.82) is 0 Å². The van der Waals surface area contributed by atoms with Crippen molar-refractivity contribution >= 4 is 5.91 Å². The monoisotopic (exact) mass is 241 g/mol. The van der Waals surface area contributed by atoms with E-state index >= 15 is 0 Å². The topological polar surface area (TPSA) is 58.4 Å². The molecule has 4 heteroatoms. The third kappa shape index (κ3) is 5.04. The average molecular weight is 241 g/mol. The first kappa shape index (κ1) is 14.5. The molecule has 1 saturated heterocycles. The van der Waals surface area contributed by atoms with Gasteiger partial charge in [-0.3, -0.25) is 4.79 Å². The number of nitrogens with zero attached hydrogens (tertiary/aromatic N) is 1. The summed E-state index contributed by atoms with van der Waals surface area (Å²) in [6, 6.07) is 0.618. The molecule has 0 aliphatic carbocycles. The Balaban J connectivity index is 2.17. The van der Waals surface area contributed by atoms with Gasteiger partial charge in [0, 0.05) is 25.6 Å². The fraction of sp³-hybridized carbons (Fsp3) is 0.923. The second-order valence-corrected chi connectivity index (χ2v) is 5.59. The van der Waals surface area contributed by atoms with Gasteiger partial charge >= 0.3 is 0 Å². The minimum absolute atomic E-state index is 0.144. The number of carbonyl (C=O) groups excluding carboxylic acids is 1. The van der Waals surface area contributed by atoms with Crippen LogP contribution in [-0.2, 0) is 4.79 Å². The molecular weight excluding hydrogens is 214 g/mol. The molecule has 1 heterocycles. The van der Waals surface area contributed by atoms with Crippen LogP contribution in [-0.4, -0.2) is 43.0 Å². The van der Waals surface area contributed by atoms with Gasteiger partial charge in [-0.05, 0) is 45.2 Å². The number of hydrogen-bond donors (Lipinski definition) is 2. The predicted molar refractivity (Wildman–Crippen MR) is 70.7 cm³/mol. The molecule has 1 amide bonds. The Morgan fingerprint density at radius 3 is 2.71 bits per heavy atom. The number of carbonyl (C=O) groups is 1. The van der Waals surface area contributed by atoms with Crippen molar-refractivity contribution in [3.63, 3.8) is 0 Å². The molecule has 0 aromatic rings. The number of rotatable bonds is 6. The molecule has 2 unspecified atom stereocenters. The first-order valence-corrected chi connectivity index (χ1v) is 6.73. The van der Waals surface area contributed by atoms with E-state index in [0.29, 0.717) is 24.9 Å². The summed E-state index contributed by atoms with van der Waals surface area (Å²) in [7, 11) is 0. The molecule has 2 atom stereocenters. The standard InChI is InChI=1S/C13H27N3O/c1-10(2)16-5-4-12(9-16)8-15-13(17)6-11(3)7-14/h10-12H,4-9,14H2,1-3H3,(H,15,17). The lowest BCUT2D eigenvalue weighted by Crippen LogP contribution is -2.34. The smallest absolute Gasteiger partial charge is 0.220 e. The molecule has 1 fully saturated rings. The first-order valence-electron chi connectivity index (χ1n) is 6.73. The number of nitrogens with two attached hydrogens (primary N) is 1. The number of amides is 1. The molecule has 17 heavy (non-hydrogen) atoms. The predicted octanol–water partition coefficient (Wildman–Crippen LogP) is 0.818. The van der Waals surface area contributed by atoms with Crippen LogP contribution in [0.25, 0.3) is 0 Å². The minimum Gasteiger partial charge on any atom is -0.356 e. The zero-order valence-electron chi connectivity index (χ0n) is 11.4. The van der Waals surface area contributed by atoms with Crippen LogP contribution in [0.5, 0.6) is 0 Å². The second kappa shape index (κ2) is 6.97. The van der Waals surface area contributed by atoms with Gasteiger partial charge in [-0.25, -0.2) is 0 Å². The van der Waals surface area contributed by atoms with Crippen LogP contribution in [0.15, 0.2) is 0 Å². The van der Waals surface area contributed by atoms with Crippen molar-refractivity contribution in [2.75, 3.05) is 26.2 Å². The van der Waals surface area contributed by atoms with Gasteiger partial charge in [0.15, 0.2) is 0 Å². The van der Waals surface area contributed by atoms with E-state index < -0.39 is 0 Å². The highest BCUT2D eigenvalue weighted by atomic mass is 16.1. The second-order valence-electron chi connectivity index (χ2n) is 5.59. The lowest BCUT2D eigenvalue weighted by Gasteiger charge is -2.20. The molecule has 0 aromatic heterocycles. The first-order chi connectivity index (χ1) is 8.02. The fourth-order valence-electron chi connectivity index (χ4n) is 2.23. The van der Waals surface area contributed by atoms with E-state index in [1.54, 1.807) is 0 Å². The highest BCUT2D eigenvalue weighted by molar-refractivity contribution is 5.76. The molecule has 3 N–H and O–H groups in total. The molecule has 1 aliphatic heterocycles. The van der Waals surface area contributed by atoms with Crippen LogP contribution in [0.1, 0.15) is 33.6 Å². The third-order valence-electron chi connectivity index (χ3n) is 3.57. The van der Waals surface area contributed by atoms with E-state index in [9.17, 15) is 4.79 Å². The largest absolute Gasteiger partial charge is 0.356 e. The molecule has 4 nitrogen and oxygen atoms in total. The summed E-state index contributed by atoms with van der Waals surface area (Å²) < 4.78 is 0. The molecule has 0 bridgehead atoms.